The average Bonchev–Trinajstić information content (AvgIpc) is 2.70. The van der Waals surface area contributed by atoms with E-state index in [4.69, 9.17) is 11.5 Å². The zero-order valence-corrected chi connectivity index (χ0v) is 19.3. The van der Waals surface area contributed by atoms with E-state index in [0.29, 0.717) is 6.42 Å². The highest BCUT2D eigenvalue weighted by atomic mass is 16.4. The molecule has 184 valence electrons. The number of carboxylic acid groups (broad SMARTS) is 1. The number of nitrogens with two attached hydrogens (primary N) is 2. The number of hydrogen-bond acceptors (Lipinski definition) is 7. The Morgan fingerprint density at radius 3 is 1.78 bits per heavy atom. The molecular weight excluding hydrogens is 422 g/mol. The third-order valence-electron chi connectivity index (χ3n) is 5.17. The maximum absolute atomic E-state index is 12.8. The van der Waals surface area contributed by atoms with Crippen molar-refractivity contribution in [2.75, 3.05) is 0 Å². The monoisotopic (exact) mass is 459 g/mol. The summed E-state index contributed by atoms with van der Waals surface area (Å²) in [4.78, 5) is 60.2. The van der Waals surface area contributed by atoms with Gasteiger partial charge in [-0.2, -0.15) is 0 Å². The van der Waals surface area contributed by atoms with Crippen LogP contribution in [0.5, 0.6) is 0 Å². The van der Waals surface area contributed by atoms with E-state index in [1.54, 1.807) is 27.7 Å². The van der Waals surface area contributed by atoms with Crippen molar-refractivity contribution in [1.29, 1.82) is 0 Å². The Labute approximate surface area is 187 Å². The van der Waals surface area contributed by atoms with Crippen LogP contribution in [0.4, 0.5) is 0 Å². The highest BCUT2D eigenvalue weighted by Crippen LogP contribution is 2.11. The minimum atomic E-state index is -1.38. The highest BCUT2D eigenvalue weighted by Gasteiger charge is 2.34. The lowest BCUT2D eigenvalue weighted by molar-refractivity contribution is -0.143. The van der Waals surface area contributed by atoms with E-state index in [9.17, 15) is 34.2 Å². The lowest BCUT2D eigenvalue weighted by Gasteiger charge is -2.29. The number of amides is 4. The number of aliphatic carboxylic acids is 1. The van der Waals surface area contributed by atoms with E-state index in [0.717, 1.165) is 0 Å². The van der Waals surface area contributed by atoms with Gasteiger partial charge in [-0.25, -0.2) is 4.79 Å². The summed E-state index contributed by atoms with van der Waals surface area (Å²) in [5, 5.41) is 26.5. The summed E-state index contributed by atoms with van der Waals surface area (Å²) in [5.74, 6) is -4.93. The van der Waals surface area contributed by atoms with Crippen molar-refractivity contribution in [1.82, 2.24) is 16.0 Å². The first kappa shape index (κ1) is 29.3. The van der Waals surface area contributed by atoms with E-state index in [1.165, 1.54) is 6.92 Å². The second-order valence-electron chi connectivity index (χ2n) is 8.27. The lowest BCUT2D eigenvalue weighted by atomic mass is 9.96. The predicted octanol–water partition coefficient (Wildman–Crippen LogP) is -1.80. The number of primary amides is 1. The topological polar surface area (TPSA) is 214 Å². The van der Waals surface area contributed by atoms with Crippen LogP contribution in [0.2, 0.25) is 0 Å². The van der Waals surface area contributed by atoms with Gasteiger partial charge in [0.2, 0.25) is 23.6 Å². The van der Waals surface area contributed by atoms with E-state index >= 15 is 0 Å². The van der Waals surface area contributed by atoms with Gasteiger partial charge < -0.3 is 37.6 Å². The van der Waals surface area contributed by atoms with Crippen molar-refractivity contribution < 1.29 is 34.2 Å². The van der Waals surface area contributed by atoms with Gasteiger partial charge in [-0.1, -0.05) is 34.1 Å². The normalized spacial score (nSPS) is 16.8. The predicted molar refractivity (Wildman–Crippen MR) is 116 cm³/mol. The number of nitrogens with one attached hydrogen (secondary N) is 3. The Hall–Kier alpha value is -2.73. The number of rotatable bonds is 14. The third kappa shape index (κ3) is 9.60. The fourth-order valence-electron chi connectivity index (χ4n) is 2.71. The van der Waals surface area contributed by atoms with Gasteiger partial charge in [0.05, 0.1) is 12.1 Å². The zero-order valence-electron chi connectivity index (χ0n) is 19.3. The smallest absolute Gasteiger partial charge is 0.326 e. The molecule has 0 heterocycles. The molecular formula is C20H37N5O7. The van der Waals surface area contributed by atoms with Crippen LogP contribution in [0.1, 0.15) is 53.9 Å². The Balaban J connectivity index is 5.50. The molecule has 0 aliphatic heterocycles. The summed E-state index contributed by atoms with van der Waals surface area (Å²) in [6.07, 6.45) is -1.29. The van der Waals surface area contributed by atoms with Gasteiger partial charge in [-0.15, -0.1) is 0 Å². The molecule has 32 heavy (non-hydrogen) atoms. The minimum Gasteiger partial charge on any atom is -0.480 e. The van der Waals surface area contributed by atoms with Crippen LogP contribution in [0, 0.1) is 11.8 Å². The Morgan fingerprint density at radius 2 is 1.38 bits per heavy atom. The zero-order chi connectivity index (χ0) is 25.2. The van der Waals surface area contributed by atoms with Crippen molar-refractivity contribution in [2.24, 2.45) is 23.3 Å². The first-order valence-corrected chi connectivity index (χ1v) is 10.6. The van der Waals surface area contributed by atoms with E-state index in [-0.39, 0.29) is 18.8 Å². The molecule has 0 saturated heterocycles. The number of aliphatic hydroxyl groups is 1. The Morgan fingerprint density at radius 1 is 0.875 bits per heavy atom. The van der Waals surface area contributed by atoms with Crippen molar-refractivity contribution in [3.63, 3.8) is 0 Å². The van der Waals surface area contributed by atoms with Crippen molar-refractivity contribution in [3.8, 4) is 0 Å². The Bertz CT molecular complexity index is 683. The third-order valence-corrected chi connectivity index (χ3v) is 5.17. The Kier molecular flexibility index (Phi) is 12.5. The highest BCUT2D eigenvalue weighted by molar-refractivity contribution is 5.94. The van der Waals surface area contributed by atoms with Gasteiger partial charge in [0.25, 0.3) is 0 Å². The number of aliphatic hydroxyl groups excluding tert-OH is 1. The minimum absolute atomic E-state index is 0.209. The van der Waals surface area contributed by atoms with Gasteiger partial charge >= 0.3 is 5.97 Å². The molecule has 4 amide bonds. The second kappa shape index (κ2) is 13.6. The molecule has 0 aromatic heterocycles. The van der Waals surface area contributed by atoms with Gasteiger partial charge in [0.1, 0.15) is 18.1 Å². The number of carbonyl (C=O) groups is 5. The largest absolute Gasteiger partial charge is 0.480 e. The molecule has 0 aliphatic carbocycles. The van der Waals surface area contributed by atoms with Crippen molar-refractivity contribution in [3.05, 3.63) is 0 Å². The molecule has 0 saturated carbocycles. The van der Waals surface area contributed by atoms with Crippen LogP contribution in [-0.4, -0.2) is 70.1 Å². The second-order valence-corrected chi connectivity index (χ2v) is 8.27. The SMILES string of the molecule is CCC(C)C(NC(=O)C(NC(=O)C(N)C(C)C)C(C)O)C(=O)NC(CCC(N)=O)C(=O)O. The molecule has 0 aromatic rings. The van der Waals surface area contributed by atoms with Gasteiger partial charge in [0.15, 0.2) is 0 Å². The average molecular weight is 460 g/mol. The van der Waals surface area contributed by atoms with Crippen LogP contribution in [-0.2, 0) is 24.0 Å². The summed E-state index contributed by atoms with van der Waals surface area (Å²) in [5.41, 5.74) is 10.8. The molecule has 12 heteroatoms. The summed E-state index contributed by atoms with van der Waals surface area (Å²) >= 11 is 0. The molecule has 6 unspecified atom stereocenters. The molecule has 0 aromatic carbocycles. The van der Waals surface area contributed by atoms with E-state index in [1.807, 2.05) is 0 Å². The number of carbonyl (C=O) groups excluding carboxylic acids is 4. The maximum Gasteiger partial charge on any atom is 0.326 e. The summed E-state index contributed by atoms with van der Waals surface area (Å²) in [7, 11) is 0. The molecule has 9 N–H and O–H groups in total. The first-order chi connectivity index (χ1) is 14.7. The van der Waals surface area contributed by atoms with Crippen molar-refractivity contribution in [2.45, 2.75) is 84.2 Å². The molecule has 0 radical (unpaired) electrons. The quantitative estimate of drug-likeness (QED) is 0.157. The van der Waals surface area contributed by atoms with Crippen LogP contribution < -0.4 is 27.4 Å². The summed E-state index contributed by atoms with van der Waals surface area (Å²) in [6, 6.07) is -4.81. The van der Waals surface area contributed by atoms with Crippen LogP contribution in [0.25, 0.3) is 0 Å². The van der Waals surface area contributed by atoms with E-state index in [2.05, 4.69) is 16.0 Å². The van der Waals surface area contributed by atoms with Crippen LogP contribution in [0.15, 0.2) is 0 Å². The molecule has 0 bridgehead atoms. The van der Waals surface area contributed by atoms with E-state index < -0.39 is 65.8 Å². The number of carboxylic acids is 1. The van der Waals surface area contributed by atoms with Crippen molar-refractivity contribution >= 4 is 29.6 Å². The first-order valence-electron chi connectivity index (χ1n) is 10.6. The summed E-state index contributed by atoms with van der Waals surface area (Å²) in [6.45, 7) is 8.20. The molecule has 6 atom stereocenters. The van der Waals surface area contributed by atoms with Gasteiger partial charge in [-0.3, -0.25) is 19.2 Å². The molecule has 0 rings (SSSR count). The summed E-state index contributed by atoms with van der Waals surface area (Å²) < 4.78 is 0. The van der Waals surface area contributed by atoms with Crippen LogP contribution >= 0.6 is 0 Å². The fourth-order valence-corrected chi connectivity index (χ4v) is 2.71. The van der Waals surface area contributed by atoms with Gasteiger partial charge in [0, 0.05) is 6.42 Å². The fraction of sp³-hybridized carbons (Fsp3) is 0.750. The molecule has 12 nitrogen and oxygen atoms in total. The molecule has 0 spiro atoms. The molecule has 0 fully saturated rings. The van der Waals surface area contributed by atoms with Gasteiger partial charge in [-0.05, 0) is 25.2 Å². The molecule has 0 aliphatic rings. The lowest BCUT2D eigenvalue weighted by Crippen LogP contribution is -2.61. The number of hydrogen-bond donors (Lipinski definition) is 7. The maximum atomic E-state index is 12.8. The standard InChI is InChI=1S/C20H37N5O7/c1-6-10(4)15(18(29)23-12(20(31)32)7-8-13(21)27)24-19(30)16(11(5)26)25-17(28)14(22)9(2)3/h9-12,14-16,26H,6-8,22H2,1-5H3,(H2,21,27)(H,23,29)(H,24,30)(H,25,28)(H,31,32). The van der Waals surface area contributed by atoms with Crippen LogP contribution in [0.3, 0.4) is 0 Å².